The first-order valence-corrected chi connectivity index (χ1v) is 9.07. The molecule has 4 rings (SSSR count). The number of carboxylic acids is 1. The van der Waals surface area contributed by atoms with E-state index in [-0.39, 0.29) is 27.9 Å². The summed E-state index contributed by atoms with van der Waals surface area (Å²) in [5.74, 6) is -2.85. The Morgan fingerprint density at radius 2 is 1.57 bits per heavy atom. The van der Waals surface area contributed by atoms with Gasteiger partial charge in [0.05, 0.1) is 22.8 Å². The largest absolute Gasteiger partial charge is 0.545 e. The topological polar surface area (TPSA) is 107 Å². The molecule has 0 unspecified atom stereocenters. The summed E-state index contributed by atoms with van der Waals surface area (Å²) in [6.07, 6.45) is 0. The van der Waals surface area contributed by atoms with Gasteiger partial charge in [0.15, 0.2) is 0 Å². The molecule has 0 aliphatic carbocycles. The molecule has 0 atom stereocenters. The van der Waals surface area contributed by atoms with Crippen LogP contribution in [0, 0.1) is 6.92 Å². The number of amides is 3. The summed E-state index contributed by atoms with van der Waals surface area (Å²) < 4.78 is 0. The minimum Gasteiger partial charge on any atom is -0.545 e. The van der Waals surface area contributed by atoms with Crippen LogP contribution in [0.2, 0.25) is 0 Å². The molecule has 0 fully saturated rings. The second-order valence-corrected chi connectivity index (χ2v) is 6.87. The maximum Gasteiger partial charge on any atom is 0.266 e. The molecule has 3 amide bonds. The number of fused-ring (bicyclic) bond motifs is 1. The maximum atomic E-state index is 12.9. The van der Waals surface area contributed by atoms with Gasteiger partial charge >= 0.3 is 0 Å². The number of carbonyl (C=O) groups excluding carboxylic acids is 4. The first kappa shape index (κ1) is 19.1. The van der Waals surface area contributed by atoms with Crippen LogP contribution >= 0.6 is 0 Å². The summed E-state index contributed by atoms with van der Waals surface area (Å²) >= 11 is 0. The van der Waals surface area contributed by atoms with Crippen molar-refractivity contribution in [2.24, 2.45) is 0 Å². The molecule has 148 valence electrons. The highest BCUT2D eigenvalue weighted by Crippen LogP contribution is 2.29. The Kier molecular flexibility index (Phi) is 4.63. The van der Waals surface area contributed by atoms with Crippen LogP contribution in [0.1, 0.15) is 47.0 Å². The number of benzene rings is 3. The van der Waals surface area contributed by atoms with Crippen molar-refractivity contribution in [3.05, 3.63) is 94.5 Å². The third kappa shape index (κ3) is 3.33. The number of aromatic carboxylic acids is 1. The fourth-order valence-corrected chi connectivity index (χ4v) is 3.31. The minimum absolute atomic E-state index is 0.0728. The van der Waals surface area contributed by atoms with Gasteiger partial charge in [-0.25, -0.2) is 4.90 Å². The number of hydrogen-bond donors (Lipinski definition) is 1. The standard InChI is InChI=1S/C23H16N2O5/c1-13-4-2-7-17(10-13)25-21(27)18-9-8-14(12-19(18)22(25)28)20(26)24-16-6-3-5-15(11-16)23(29)30/h2-12H,1H3,(H,24,26)(H,29,30)/p-1. The maximum absolute atomic E-state index is 12.9. The second kappa shape index (κ2) is 7.29. The number of rotatable bonds is 4. The average molecular weight is 399 g/mol. The summed E-state index contributed by atoms with van der Waals surface area (Å²) in [4.78, 5) is 50.3. The number of nitrogens with zero attached hydrogens (tertiary/aromatic N) is 1. The fraction of sp³-hybridized carbons (Fsp3) is 0.0435. The number of carbonyl (C=O) groups is 4. The van der Waals surface area contributed by atoms with Gasteiger partial charge < -0.3 is 15.2 Å². The SMILES string of the molecule is Cc1cccc(N2C(=O)c3ccc(C(=O)Nc4cccc(C(=O)[O-])c4)cc3C2=O)c1. The van der Waals surface area contributed by atoms with Gasteiger partial charge in [-0.2, -0.15) is 0 Å². The van der Waals surface area contributed by atoms with Crippen molar-refractivity contribution >= 4 is 35.1 Å². The fourth-order valence-electron chi connectivity index (χ4n) is 3.31. The number of carboxylic acid groups (broad SMARTS) is 1. The van der Waals surface area contributed by atoms with Crippen molar-refractivity contribution in [3.8, 4) is 0 Å². The highest BCUT2D eigenvalue weighted by atomic mass is 16.4. The predicted octanol–water partition coefficient (Wildman–Crippen LogP) is 2.41. The van der Waals surface area contributed by atoms with Gasteiger partial charge in [-0.1, -0.05) is 24.3 Å². The first-order valence-electron chi connectivity index (χ1n) is 9.07. The quantitative estimate of drug-likeness (QED) is 0.678. The lowest BCUT2D eigenvalue weighted by molar-refractivity contribution is -0.255. The van der Waals surface area contributed by atoms with Crippen LogP contribution in [-0.4, -0.2) is 23.7 Å². The predicted molar refractivity (Wildman–Crippen MR) is 107 cm³/mol. The second-order valence-electron chi connectivity index (χ2n) is 6.87. The summed E-state index contributed by atoms with van der Waals surface area (Å²) in [5.41, 5.74) is 2.09. The van der Waals surface area contributed by atoms with Crippen LogP contribution in [-0.2, 0) is 0 Å². The molecular formula is C23H15N2O5-. The molecule has 0 aromatic heterocycles. The molecule has 30 heavy (non-hydrogen) atoms. The molecule has 0 saturated heterocycles. The van der Waals surface area contributed by atoms with Gasteiger partial charge in [0, 0.05) is 11.3 Å². The number of nitrogens with one attached hydrogen (secondary N) is 1. The van der Waals surface area contributed by atoms with Crippen LogP contribution in [0.4, 0.5) is 11.4 Å². The first-order chi connectivity index (χ1) is 14.3. The van der Waals surface area contributed by atoms with Crippen LogP contribution < -0.4 is 15.3 Å². The van der Waals surface area contributed by atoms with Crippen molar-refractivity contribution in [2.45, 2.75) is 6.92 Å². The summed E-state index contributed by atoms with van der Waals surface area (Å²) in [5, 5.41) is 13.6. The molecule has 0 radical (unpaired) electrons. The Labute approximate surface area is 171 Å². The van der Waals surface area contributed by atoms with E-state index in [0.29, 0.717) is 5.69 Å². The molecule has 3 aromatic rings. The normalized spacial score (nSPS) is 12.6. The molecule has 3 aromatic carbocycles. The van der Waals surface area contributed by atoms with Gasteiger partial charge in [-0.05, 0) is 60.5 Å². The zero-order valence-corrected chi connectivity index (χ0v) is 15.8. The Morgan fingerprint density at radius 1 is 0.833 bits per heavy atom. The zero-order valence-electron chi connectivity index (χ0n) is 15.8. The molecule has 0 bridgehead atoms. The Balaban J connectivity index is 1.62. The number of anilines is 2. The lowest BCUT2D eigenvalue weighted by Gasteiger charge is -2.14. The van der Waals surface area contributed by atoms with Crippen molar-refractivity contribution in [1.29, 1.82) is 0 Å². The van der Waals surface area contributed by atoms with Gasteiger partial charge in [0.25, 0.3) is 17.7 Å². The Morgan fingerprint density at radius 3 is 2.30 bits per heavy atom. The lowest BCUT2D eigenvalue weighted by Crippen LogP contribution is -2.29. The molecule has 1 heterocycles. The van der Waals surface area contributed by atoms with E-state index in [1.54, 1.807) is 18.2 Å². The van der Waals surface area contributed by atoms with Gasteiger partial charge in [-0.3, -0.25) is 14.4 Å². The number of imide groups is 1. The van der Waals surface area contributed by atoms with Crippen molar-refractivity contribution in [1.82, 2.24) is 0 Å². The molecule has 0 spiro atoms. The molecule has 1 aliphatic rings. The average Bonchev–Trinajstić information content (AvgIpc) is 2.98. The Bertz CT molecular complexity index is 1230. The van der Waals surface area contributed by atoms with Gasteiger partial charge in [0.2, 0.25) is 0 Å². The van der Waals surface area contributed by atoms with Crippen LogP contribution in [0.15, 0.2) is 66.7 Å². The highest BCUT2D eigenvalue weighted by molar-refractivity contribution is 6.34. The van der Waals surface area contributed by atoms with E-state index in [1.165, 1.54) is 42.5 Å². The van der Waals surface area contributed by atoms with E-state index in [2.05, 4.69) is 5.32 Å². The van der Waals surface area contributed by atoms with Crippen LogP contribution in [0.25, 0.3) is 0 Å². The van der Waals surface area contributed by atoms with E-state index in [4.69, 9.17) is 0 Å². The summed E-state index contributed by atoms with van der Waals surface area (Å²) in [7, 11) is 0. The van der Waals surface area contributed by atoms with Gasteiger partial charge in [0.1, 0.15) is 0 Å². The van der Waals surface area contributed by atoms with E-state index in [9.17, 15) is 24.3 Å². The minimum atomic E-state index is -1.36. The smallest absolute Gasteiger partial charge is 0.266 e. The van der Waals surface area contributed by atoms with Gasteiger partial charge in [-0.15, -0.1) is 0 Å². The lowest BCUT2D eigenvalue weighted by atomic mass is 10.1. The number of aryl methyl sites for hydroxylation is 1. The molecule has 1 N–H and O–H groups in total. The van der Waals surface area contributed by atoms with E-state index >= 15 is 0 Å². The molecule has 7 heteroatoms. The monoisotopic (exact) mass is 399 g/mol. The number of hydrogen-bond acceptors (Lipinski definition) is 5. The molecule has 0 saturated carbocycles. The third-order valence-electron chi connectivity index (χ3n) is 4.76. The van der Waals surface area contributed by atoms with E-state index in [1.807, 2.05) is 13.0 Å². The Hall–Kier alpha value is -4.26. The van der Waals surface area contributed by atoms with Crippen LogP contribution in [0.5, 0.6) is 0 Å². The van der Waals surface area contributed by atoms with E-state index in [0.717, 1.165) is 10.5 Å². The van der Waals surface area contributed by atoms with Crippen molar-refractivity contribution in [3.63, 3.8) is 0 Å². The third-order valence-corrected chi connectivity index (χ3v) is 4.76. The van der Waals surface area contributed by atoms with E-state index < -0.39 is 23.7 Å². The van der Waals surface area contributed by atoms with Crippen molar-refractivity contribution < 1.29 is 24.3 Å². The summed E-state index contributed by atoms with van der Waals surface area (Å²) in [6, 6.07) is 16.9. The highest BCUT2D eigenvalue weighted by Gasteiger charge is 2.37. The summed E-state index contributed by atoms with van der Waals surface area (Å²) in [6.45, 7) is 1.86. The van der Waals surface area contributed by atoms with Crippen molar-refractivity contribution in [2.75, 3.05) is 10.2 Å². The molecule has 7 nitrogen and oxygen atoms in total. The van der Waals surface area contributed by atoms with Crippen LogP contribution in [0.3, 0.4) is 0 Å². The molecular weight excluding hydrogens is 384 g/mol. The molecule has 1 aliphatic heterocycles. The zero-order chi connectivity index (χ0) is 21.4.